The number of rotatable bonds is 7. The zero-order valence-corrected chi connectivity index (χ0v) is 15.7. The SMILES string of the molecule is COc1ccc(CC(=O)OCC(=O)Nc2c(Cl)cccc2Cl)cc1OC. The molecule has 0 bridgehead atoms. The van der Waals surface area contributed by atoms with Crippen molar-refractivity contribution in [2.75, 3.05) is 26.1 Å². The Morgan fingerprint density at radius 2 is 1.65 bits per heavy atom. The second-order valence-corrected chi connectivity index (χ2v) is 5.99. The number of para-hydroxylation sites is 1. The lowest BCUT2D eigenvalue weighted by atomic mass is 10.1. The van der Waals surface area contributed by atoms with Crippen LogP contribution >= 0.6 is 23.2 Å². The van der Waals surface area contributed by atoms with Crippen molar-refractivity contribution >= 4 is 40.8 Å². The topological polar surface area (TPSA) is 73.9 Å². The van der Waals surface area contributed by atoms with Crippen LogP contribution in [0.15, 0.2) is 36.4 Å². The third-order valence-electron chi connectivity index (χ3n) is 3.39. The third kappa shape index (κ3) is 5.28. The average molecular weight is 398 g/mol. The van der Waals surface area contributed by atoms with Crippen molar-refractivity contribution in [2.45, 2.75) is 6.42 Å². The van der Waals surface area contributed by atoms with Crippen LogP contribution in [-0.2, 0) is 20.7 Å². The quantitative estimate of drug-likeness (QED) is 0.720. The monoisotopic (exact) mass is 397 g/mol. The molecule has 0 aromatic heterocycles. The highest BCUT2D eigenvalue weighted by Gasteiger charge is 2.13. The van der Waals surface area contributed by atoms with Crippen molar-refractivity contribution in [2.24, 2.45) is 0 Å². The van der Waals surface area contributed by atoms with Crippen LogP contribution in [0.2, 0.25) is 10.0 Å². The minimum Gasteiger partial charge on any atom is -0.493 e. The van der Waals surface area contributed by atoms with Crippen molar-refractivity contribution in [1.29, 1.82) is 0 Å². The summed E-state index contributed by atoms with van der Waals surface area (Å²) in [5.74, 6) is -0.0391. The average Bonchev–Trinajstić information content (AvgIpc) is 2.63. The molecule has 2 aromatic rings. The molecule has 2 aromatic carbocycles. The second kappa shape index (κ2) is 9.31. The van der Waals surface area contributed by atoms with Crippen LogP contribution in [0.4, 0.5) is 5.69 Å². The van der Waals surface area contributed by atoms with Crippen LogP contribution in [0.25, 0.3) is 0 Å². The first-order chi connectivity index (χ1) is 12.4. The lowest BCUT2D eigenvalue weighted by Gasteiger charge is -2.11. The molecule has 8 heteroatoms. The largest absolute Gasteiger partial charge is 0.493 e. The number of amides is 1. The summed E-state index contributed by atoms with van der Waals surface area (Å²) >= 11 is 11.9. The van der Waals surface area contributed by atoms with Gasteiger partial charge in [0.25, 0.3) is 5.91 Å². The maximum Gasteiger partial charge on any atom is 0.310 e. The number of methoxy groups -OCH3 is 2. The molecule has 0 aliphatic carbocycles. The van der Waals surface area contributed by atoms with Crippen LogP contribution < -0.4 is 14.8 Å². The summed E-state index contributed by atoms with van der Waals surface area (Å²) in [7, 11) is 3.03. The van der Waals surface area contributed by atoms with Crippen LogP contribution in [0.1, 0.15) is 5.56 Å². The summed E-state index contributed by atoms with van der Waals surface area (Å²) in [6, 6.07) is 9.91. The highest BCUT2D eigenvalue weighted by molar-refractivity contribution is 6.39. The number of hydrogen-bond acceptors (Lipinski definition) is 5. The van der Waals surface area contributed by atoms with Crippen molar-refractivity contribution in [3.05, 3.63) is 52.0 Å². The molecule has 1 amide bonds. The summed E-state index contributed by atoms with van der Waals surface area (Å²) in [4.78, 5) is 23.8. The van der Waals surface area contributed by atoms with Gasteiger partial charge in [-0.2, -0.15) is 0 Å². The maximum atomic E-state index is 11.9. The van der Waals surface area contributed by atoms with Gasteiger partial charge in [0, 0.05) is 0 Å². The molecular formula is C18H17Cl2NO5. The molecule has 0 heterocycles. The minimum absolute atomic E-state index is 0.0134. The van der Waals surface area contributed by atoms with E-state index in [4.69, 9.17) is 37.4 Å². The number of benzene rings is 2. The fourth-order valence-electron chi connectivity index (χ4n) is 2.15. The van der Waals surface area contributed by atoms with Gasteiger partial charge in [0.15, 0.2) is 18.1 Å². The first-order valence-electron chi connectivity index (χ1n) is 7.55. The smallest absolute Gasteiger partial charge is 0.310 e. The zero-order chi connectivity index (χ0) is 19.1. The number of carbonyl (C=O) groups is 2. The Kier molecular flexibility index (Phi) is 7.12. The fourth-order valence-corrected chi connectivity index (χ4v) is 2.64. The molecule has 0 atom stereocenters. The van der Waals surface area contributed by atoms with E-state index in [0.29, 0.717) is 27.1 Å². The number of carbonyl (C=O) groups excluding carboxylic acids is 2. The van der Waals surface area contributed by atoms with E-state index in [1.165, 1.54) is 14.2 Å². The van der Waals surface area contributed by atoms with Gasteiger partial charge in [-0.15, -0.1) is 0 Å². The molecule has 2 rings (SSSR count). The van der Waals surface area contributed by atoms with E-state index in [0.717, 1.165) is 0 Å². The number of halogens is 2. The van der Waals surface area contributed by atoms with Gasteiger partial charge in [-0.05, 0) is 29.8 Å². The van der Waals surface area contributed by atoms with Gasteiger partial charge in [-0.1, -0.05) is 35.3 Å². The number of ether oxygens (including phenoxy) is 3. The zero-order valence-electron chi connectivity index (χ0n) is 14.2. The van der Waals surface area contributed by atoms with E-state index in [2.05, 4.69) is 5.32 Å². The van der Waals surface area contributed by atoms with Crippen LogP contribution in [0.3, 0.4) is 0 Å². The van der Waals surface area contributed by atoms with Gasteiger partial charge >= 0.3 is 5.97 Å². The molecule has 0 spiro atoms. The Balaban J connectivity index is 1.89. The number of nitrogens with one attached hydrogen (secondary N) is 1. The molecule has 0 aliphatic rings. The van der Waals surface area contributed by atoms with Gasteiger partial charge in [0.05, 0.1) is 36.4 Å². The first kappa shape index (κ1) is 19.9. The fraction of sp³-hybridized carbons (Fsp3) is 0.222. The summed E-state index contributed by atoms with van der Waals surface area (Å²) in [6.07, 6.45) is -0.0134. The highest BCUT2D eigenvalue weighted by atomic mass is 35.5. The van der Waals surface area contributed by atoms with Crippen molar-refractivity contribution < 1.29 is 23.8 Å². The minimum atomic E-state index is -0.558. The molecule has 26 heavy (non-hydrogen) atoms. The van der Waals surface area contributed by atoms with Gasteiger partial charge in [0.2, 0.25) is 0 Å². The Morgan fingerprint density at radius 3 is 2.27 bits per heavy atom. The van der Waals surface area contributed by atoms with Crippen molar-refractivity contribution in [3.8, 4) is 11.5 Å². The van der Waals surface area contributed by atoms with Gasteiger partial charge in [-0.25, -0.2) is 0 Å². The predicted molar refractivity (Wildman–Crippen MR) is 99.3 cm³/mol. The molecule has 6 nitrogen and oxygen atoms in total. The van der Waals surface area contributed by atoms with Crippen molar-refractivity contribution in [1.82, 2.24) is 0 Å². The Labute approximate surface area is 160 Å². The van der Waals surface area contributed by atoms with Gasteiger partial charge in [-0.3, -0.25) is 9.59 Å². The molecule has 0 saturated carbocycles. The van der Waals surface area contributed by atoms with Gasteiger partial charge in [0.1, 0.15) is 0 Å². The highest BCUT2D eigenvalue weighted by Crippen LogP contribution is 2.30. The summed E-state index contributed by atoms with van der Waals surface area (Å²) in [5, 5.41) is 3.10. The van der Waals surface area contributed by atoms with E-state index in [9.17, 15) is 9.59 Å². The van der Waals surface area contributed by atoms with E-state index in [1.807, 2.05) is 0 Å². The number of esters is 1. The van der Waals surface area contributed by atoms with Crippen LogP contribution in [0, 0.1) is 0 Å². The van der Waals surface area contributed by atoms with Crippen LogP contribution in [-0.4, -0.2) is 32.7 Å². The van der Waals surface area contributed by atoms with E-state index in [-0.39, 0.29) is 12.1 Å². The lowest BCUT2D eigenvalue weighted by molar-refractivity contribution is -0.146. The van der Waals surface area contributed by atoms with E-state index in [1.54, 1.807) is 36.4 Å². The van der Waals surface area contributed by atoms with Gasteiger partial charge < -0.3 is 19.5 Å². The summed E-state index contributed by atoms with van der Waals surface area (Å²) < 4.78 is 15.3. The van der Waals surface area contributed by atoms with E-state index >= 15 is 0 Å². The van der Waals surface area contributed by atoms with Crippen LogP contribution in [0.5, 0.6) is 11.5 Å². The molecule has 0 fully saturated rings. The normalized spacial score (nSPS) is 10.2. The summed E-state index contributed by atoms with van der Waals surface area (Å²) in [5.41, 5.74) is 0.943. The Hall–Kier alpha value is -2.44. The molecule has 0 saturated heterocycles. The molecular weight excluding hydrogens is 381 g/mol. The molecule has 0 aliphatic heterocycles. The Bertz CT molecular complexity index is 790. The third-order valence-corrected chi connectivity index (χ3v) is 4.02. The molecule has 1 N–H and O–H groups in total. The predicted octanol–water partition coefficient (Wildman–Crippen LogP) is 3.74. The Morgan fingerprint density at radius 1 is 1.00 bits per heavy atom. The molecule has 0 unspecified atom stereocenters. The standard InChI is InChI=1S/C18H17Cl2NO5/c1-24-14-7-6-11(8-15(14)25-2)9-17(23)26-10-16(22)21-18-12(19)4-3-5-13(18)20/h3-8H,9-10H2,1-2H3,(H,21,22). The molecule has 0 radical (unpaired) electrons. The number of anilines is 1. The van der Waals surface area contributed by atoms with E-state index < -0.39 is 18.5 Å². The van der Waals surface area contributed by atoms with Crippen molar-refractivity contribution in [3.63, 3.8) is 0 Å². The number of hydrogen-bond donors (Lipinski definition) is 1. The second-order valence-electron chi connectivity index (χ2n) is 5.17. The lowest BCUT2D eigenvalue weighted by Crippen LogP contribution is -2.22. The summed E-state index contributed by atoms with van der Waals surface area (Å²) in [6.45, 7) is -0.451. The first-order valence-corrected chi connectivity index (χ1v) is 8.30. The molecule has 138 valence electrons. The maximum absolute atomic E-state index is 11.9.